The first kappa shape index (κ1) is 14.3. The second kappa shape index (κ2) is 5.75. The number of sulfonamides is 1. The highest BCUT2D eigenvalue weighted by molar-refractivity contribution is 7.99. The summed E-state index contributed by atoms with van der Waals surface area (Å²) in [5.74, 6) is 1.44. The van der Waals surface area contributed by atoms with Gasteiger partial charge < -0.3 is 5.73 Å². The van der Waals surface area contributed by atoms with Gasteiger partial charge in [-0.2, -0.15) is 0 Å². The average molecular weight is 274 g/mol. The molecule has 0 fully saturated rings. The Bertz CT molecular complexity index is 484. The molecule has 0 aliphatic heterocycles. The van der Waals surface area contributed by atoms with E-state index in [9.17, 15) is 8.42 Å². The summed E-state index contributed by atoms with van der Waals surface area (Å²) in [5, 5.41) is 0. The minimum Gasteiger partial charge on any atom is -0.398 e. The van der Waals surface area contributed by atoms with Gasteiger partial charge in [-0.05, 0) is 31.2 Å². The van der Waals surface area contributed by atoms with Gasteiger partial charge in [0.2, 0.25) is 10.0 Å². The van der Waals surface area contributed by atoms with Crippen molar-refractivity contribution in [3.63, 3.8) is 0 Å². The second-order valence-corrected chi connectivity index (χ2v) is 7.06. The van der Waals surface area contributed by atoms with Crippen LogP contribution >= 0.6 is 11.8 Å². The Kier molecular flexibility index (Phi) is 4.85. The summed E-state index contributed by atoms with van der Waals surface area (Å²) < 4.78 is 25.6. The number of nitrogen functional groups attached to an aromatic ring is 1. The van der Waals surface area contributed by atoms with Gasteiger partial charge in [0.05, 0.1) is 4.90 Å². The molecule has 0 amide bonds. The van der Waals surface area contributed by atoms with Gasteiger partial charge in [-0.25, -0.2) is 13.1 Å². The van der Waals surface area contributed by atoms with Gasteiger partial charge in [0.25, 0.3) is 0 Å². The van der Waals surface area contributed by atoms with E-state index in [0.717, 1.165) is 10.6 Å². The lowest BCUT2D eigenvalue weighted by Gasteiger charge is -2.10. The summed E-state index contributed by atoms with van der Waals surface area (Å²) in [7, 11) is -2.00. The van der Waals surface area contributed by atoms with Crippen LogP contribution in [0, 0.1) is 5.92 Å². The molecule has 0 bridgehead atoms. The normalized spacial score (nSPS) is 12.0. The molecule has 0 saturated carbocycles. The van der Waals surface area contributed by atoms with Crippen LogP contribution < -0.4 is 10.5 Å². The van der Waals surface area contributed by atoms with E-state index in [2.05, 4.69) is 18.6 Å². The zero-order valence-corrected chi connectivity index (χ0v) is 11.9. The molecule has 3 N–H and O–H groups in total. The largest absolute Gasteiger partial charge is 0.398 e. The summed E-state index contributed by atoms with van der Waals surface area (Å²) >= 11 is 1.58. The average Bonchev–Trinajstić information content (AvgIpc) is 2.27. The van der Waals surface area contributed by atoms with Crippen molar-refractivity contribution in [3.05, 3.63) is 18.2 Å². The fraction of sp³-hybridized carbons (Fsp3) is 0.455. The Labute approximate surface area is 107 Å². The molecule has 1 aromatic rings. The van der Waals surface area contributed by atoms with Crippen LogP contribution in [0.25, 0.3) is 0 Å². The van der Waals surface area contributed by atoms with E-state index in [1.54, 1.807) is 23.9 Å². The predicted octanol–water partition coefficient (Wildman–Crippen LogP) is 1.93. The molecule has 4 nitrogen and oxygen atoms in total. The Morgan fingerprint density at radius 1 is 1.41 bits per heavy atom. The molecular formula is C11H18N2O2S2. The van der Waals surface area contributed by atoms with E-state index in [4.69, 9.17) is 5.73 Å². The van der Waals surface area contributed by atoms with Crippen LogP contribution in [0.2, 0.25) is 0 Å². The maximum atomic E-state index is 11.6. The van der Waals surface area contributed by atoms with Crippen LogP contribution in [0.15, 0.2) is 28.0 Å². The zero-order chi connectivity index (χ0) is 13.1. The summed E-state index contributed by atoms with van der Waals surface area (Å²) in [6.45, 7) is 4.22. The third-order valence-electron chi connectivity index (χ3n) is 2.14. The first-order chi connectivity index (χ1) is 7.86. The highest BCUT2D eigenvalue weighted by Crippen LogP contribution is 2.29. The van der Waals surface area contributed by atoms with Gasteiger partial charge in [-0.1, -0.05) is 13.8 Å². The first-order valence-corrected chi connectivity index (χ1v) is 7.79. The van der Waals surface area contributed by atoms with Gasteiger partial charge >= 0.3 is 0 Å². The number of hydrogen-bond acceptors (Lipinski definition) is 4. The van der Waals surface area contributed by atoms with Crippen molar-refractivity contribution in [3.8, 4) is 0 Å². The van der Waals surface area contributed by atoms with E-state index in [1.807, 2.05) is 0 Å². The fourth-order valence-corrected chi connectivity index (χ4v) is 2.97. The molecular weight excluding hydrogens is 256 g/mol. The van der Waals surface area contributed by atoms with Gasteiger partial charge in [0, 0.05) is 16.3 Å². The van der Waals surface area contributed by atoms with Gasteiger partial charge in [0.1, 0.15) is 0 Å². The van der Waals surface area contributed by atoms with Crippen molar-refractivity contribution >= 4 is 27.5 Å². The number of benzene rings is 1. The van der Waals surface area contributed by atoms with Crippen LogP contribution in [0.1, 0.15) is 13.8 Å². The molecule has 17 heavy (non-hydrogen) atoms. The predicted molar refractivity (Wildman–Crippen MR) is 72.7 cm³/mol. The lowest BCUT2D eigenvalue weighted by atomic mass is 10.3. The van der Waals surface area contributed by atoms with Gasteiger partial charge in [0.15, 0.2) is 0 Å². The molecule has 0 unspecified atom stereocenters. The maximum Gasteiger partial charge on any atom is 0.240 e. The molecule has 0 spiro atoms. The third-order valence-corrected chi connectivity index (χ3v) is 5.05. The lowest BCUT2D eigenvalue weighted by Crippen LogP contribution is -2.18. The van der Waals surface area contributed by atoms with Crippen LogP contribution in [0.5, 0.6) is 0 Å². The molecule has 0 radical (unpaired) electrons. The summed E-state index contributed by atoms with van der Waals surface area (Å²) in [4.78, 5) is 1.07. The molecule has 1 rings (SSSR count). The highest BCUT2D eigenvalue weighted by atomic mass is 32.2. The standard InChI is InChI=1S/C11H18N2O2S2/c1-8(2)7-16-11-6-9(4-5-10(11)12)17(14,15)13-3/h4-6,8,13H,7,12H2,1-3H3. The van der Waals surface area contributed by atoms with Crippen molar-refractivity contribution in [1.29, 1.82) is 0 Å². The van der Waals surface area contributed by atoms with Crippen molar-refractivity contribution in [2.45, 2.75) is 23.6 Å². The number of nitrogens with one attached hydrogen (secondary N) is 1. The molecule has 6 heteroatoms. The van der Waals surface area contributed by atoms with Crippen LogP contribution in [-0.4, -0.2) is 21.2 Å². The fourth-order valence-electron chi connectivity index (χ4n) is 1.18. The second-order valence-electron chi connectivity index (χ2n) is 4.11. The van der Waals surface area contributed by atoms with Crippen molar-refractivity contribution < 1.29 is 8.42 Å². The van der Waals surface area contributed by atoms with Crippen molar-refractivity contribution in [2.24, 2.45) is 5.92 Å². The van der Waals surface area contributed by atoms with Crippen molar-refractivity contribution in [1.82, 2.24) is 4.72 Å². The number of nitrogens with two attached hydrogens (primary N) is 1. The highest BCUT2D eigenvalue weighted by Gasteiger charge is 2.13. The summed E-state index contributed by atoms with van der Waals surface area (Å²) in [6.07, 6.45) is 0. The Hall–Kier alpha value is -0.720. The van der Waals surface area contributed by atoms with Gasteiger partial charge in [-0.3, -0.25) is 0 Å². The third kappa shape index (κ3) is 3.90. The minimum atomic E-state index is -3.39. The van der Waals surface area contributed by atoms with E-state index in [0.29, 0.717) is 11.6 Å². The molecule has 0 aliphatic rings. The summed E-state index contributed by atoms with van der Waals surface area (Å²) in [6, 6.07) is 4.77. The van der Waals surface area contributed by atoms with Crippen LogP contribution in [0.3, 0.4) is 0 Å². The smallest absolute Gasteiger partial charge is 0.240 e. The quantitative estimate of drug-likeness (QED) is 0.635. The van der Waals surface area contributed by atoms with Crippen molar-refractivity contribution in [2.75, 3.05) is 18.5 Å². The topological polar surface area (TPSA) is 72.2 Å². The Balaban J connectivity index is 3.03. The molecule has 1 aromatic carbocycles. The van der Waals surface area contributed by atoms with Crippen LogP contribution in [-0.2, 0) is 10.0 Å². The maximum absolute atomic E-state index is 11.6. The molecule has 0 aliphatic carbocycles. The molecule has 0 saturated heterocycles. The number of anilines is 1. The SMILES string of the molecule is CNS(=O)(=O)c1ccc(N)c(SCC(C)C)c1. The first-order valence-electron chi connectivity index (χ1n) is 5.32. The van der Waals surface area contributed by atoms with Crippen LogP contribution in [0.4, 0.5) is 5.69 Å². The number of thioether (sulfide) groups is 1. The van der Waals surface area contributed by atoms with Gasteiger partial charge in [-0.15, -0.1) is 11.8 Å². The Morgan fingerprint density at radius 3 is 2.59 bits per heavy atom. The van der Waals surface area contributed by atoms with E-state index in [-0.39, 0.29) is 4.90 Å². The number of hydrogen-bond donors (Lipinski definition) is 2. The lowest BCUT2D eigenvalue weighted by molar-refractivity contribution is 0.588. The van der Waals surface area contributed by atoms with E-state index < -0.39 is 10.0 Å². The molecule has 0 atom stereocenters. The molecule has 0 aromatic heterocycles. The minimum absolute atomic E-state index is 0.250. The summed E-state index contributed by atoms with van der Waals surface area (Å²) in [5.41, 5.74) is 6.44. The number of rotatable bonds is 5. The molecule has 96 valence electrons. The monoisotopic (exact) mass is 274 g/mol. The molecule has 0 heterocycles. The van der Waals surface area contributed by atoms with E-state index in [1.165, 1.54) is 13.1 Å². The zero-order valence-electron chi connectivity index (χ0n) is 10.2. The van der Waals surface area contributed by atoms with E-state index >= 15 is 0 Å². The Morgan fingerprint density at radius 2 is 2.06 bits per heavy atom.